The number of thiophene rings is 1. The van der Waals surface area contributed by atoms with Gasteiger partial charge in [0.05, 0.1) is 0 Å². The van der Waals surface area contributed by atoms with E-state index in [9.17, 15) is 4.79 Å². The van der Waals surface area contributed by atoms with Crippen LogP contribution in [0.4, 0.5) is 5.69 Å². The zero-order chi connectivity index (χ0) is 13.7. The molecule has 0 saturated carbocycles. The van der Waals surface area contributed by atoms with Crippen LogP contribution < -0.4 is 10.2 Å². The Morgan fingerprint density at radius 1 is 1.32 bits per heavy atom. The number of hydrogen-bond donors (Lipinski definition) is 1. The van der Waals surface area contributed by atoms with Crippen molar-refractivity contribution in [3.63, 3.8) is 0 Å². The van der Waals surface area contributed by atoms with Crippen LogP contribution in [0.25, 0.3) is 0 Å². The van der Waals surface area contributed by atoms with Crippen molar-refractivity contribution < 1.29 is 4.79 Å². The van der Waals surface area contributed by atoms with E-state index in [-0.39, 0.29) is 5.91 Å². The van der Waals surface area contributed by atoms with Crippen molar-refractivity contribution >= 4 is 38.9 Å². The summed E-state index contributed by atoms with van der Waals surface area (Å²) in [6.45, 7) is 1.40. The molecule has 100 valence electrons. The molecule has 0 fully saturated rings. The molecule has 0 spiro atoms. The largest absolute Gasteiger partial charge is 0.373 e. The maximum absolute atomic E-state index is 11.9. The monoisotopic (exact) mass is 338 g/mol. The van der Waals surface area contributed by atoms with E-state index in [1.165, 1.54) is 11.3 Å². The normalized spacial score (nSPS) is 10.2. The molecule has 1 aromatic heterocycles. The third-order valence-electron chi connectivity index (χ3n) is 2.75. The van der Waals surface area contributed by atoms with Gasteiger partial charge in [-0.25, -0.2) is 0 Å². The SMILES string of the molecule is CN(CCNC(=O)c1sccc1Br)c1ccccc1. The summed E-state index contributed by atoms with van der Waals surface area (Å²) in [6.07, 6.45) is 0. The first-order valence-electron chi connectivity index (χ1n) is 5.96. The van der Waals surface area contributed by atoms with E-state index in [2.05, 4.69) is 38.3 Å². The van der Waals surface area contributed by atoms with Crippen LogP contribution in [-0.4, -0.2) is 26.0 Å². The van der Waals surface area contributed by atoms with Crippen LogP contribution in [0.3, 0.4) is 0 Å². The molecule has 1 N–H and O–H groups in total. The second-order valence-electron chi connectivity index (χ2n) is 4.11. The zero-order valence-electron chi connectivity index (χ0n) is 10.6. The molecular weight excluding hydrogens is 324 g/mol. The summed E-state index contributed by atoms with van der Waals surface area (Å²) in [5, 5.41) is 4.82. The molecule has 1 amide bonds. The smallest absolute Gasteiger partial charge is 0.262 e. The van der Waals surface area contributed by atoms with E-state index in [1.54, 1.807) is 0 Å². The van der Waals surface area contributed by atoms with Crippen molar-refractivity contribution in [1.82, 2.24) is 5.32 Å². The molecule has 5 heteroatoms. The number of carbonyl (C=O) groups is 1. The maximum Gasteiger partial charge on any atom is 0.262 e. The number of nitrogens with zero attached hydrogens (tertiary/aromatic N) is 1. The summed E-state index contributed by atoms with van der Waals surface area (Å²) < 4.78 is 0.853. The Labute approximate surface area is 125 Å². The second-order valence-corrected chi connectivity index (χ2v) is 5.88. The highest BCUT2D eigenvalue weighted by atomic mass is 79.9. The van der Waals surface area contributed by atoms with Crippen LogP contribution in [0, 0.1) is 0 Å². The summed E-state index contributed by atoms with van der Waals surface area (Å²) in [5.41, 5.74) is 1.15. The van der Waals surface area contributed by atoms with Crippen LogP contribution in [0.5, 0.6) is 0 Å². The first-order chi connectivity index (χ1) is 9.18. The molecule has 0 radical (unpaired) electrons. The van der Waals surface area contributed by atoms with Crippen molar-refractivity contribution in [3.8, 4) is 0 Å². The van der Waals surface area contributed by atoms with Gasteiger partial charge in [0.2, 0.25) is 0 Å². The molecule has 0 aliphatic rings. The van der Waals surface area contributed by atoms with Gasteiger partial charge < -0.3 is 10.2 Å². The molecule has 0 bridgehead atoms. The van der Waals surface area contributed by atoms with Crippen LogP contribution in [0.15, 0.2) is 46.3 Å². The average molecular weight is 339 g/mol. The summed E-state index contributed by atoms with van der Waals surface area (Å²) in [6, 6.07) is 12.0. The van der Waals surface area contributed by atoms with Crippen LogP contribution in [0.2, 0.25) is 0 Å². The van der Waals surface area contributed by atoms with Gasteiger partial charge in [0.25, 0.3) is 5.91 Å². The number of amides is 1. The quantitative estimate of drug-likeness (QED) is 0.906. The lowest BCUT2D eigenvalue weighted by Crippen LogP contribution is -2.32. The summed E-state index contributed by atoms with van der Waals surface area (Å²) in [4.78, 5) is 14.7. The van der Waals surface area contributed by atoms with Gasteiger partial charge in [-0.15, -0.1) is 11.3 Å². The molecule has 0 aliphatic carbocycles. The Morgan fingerprint density at radius 3 is 2.68 bits per heavy atom. The molecule has 0 aliphatic heterocycles. The minimum atomic E-state index is -0.0247. The van der Waals surface area contributed by atoms with Gasteiger partial charge in [-0.3, -0.25) is 4.79 Å². The average Bonchev–Trinajstić information content (AvgIpc) is 2.86. The van der Waals surface area contributed by atoms with E-state index in [0.29, 0.717) is 6.54 Å². The minimum absolute atomic E-state index is 0.0247. The highest BCUT2D eigenvalue weighted by molar-refractivity contribution is 9.10. The first kappa shape index (κ1) is 14.1. The number of halogens is 1. The Bertz CT molecular complexity index is 541. The highest BCUT2D eigenvalue weighted by Gasteiger charge is 2.10. The molecular formula is C14H15BrN2OS. The zero-order valence-corrected chi connectivity index (χ0v) is 13.0. The van der Waals surface area contributed by atoms with Crippen LogP contribution in [-0.2, 0) is 0 Å². The van der Waals surface area contributed by atoms with E-state index < -0.39 is 0 Å². The lowest BCUT2D eigenvalue weighted by Gasteiger charge is -2.19. The Kier molecular flexibility index (Phi) is 4.99. The van der Waals surface area contributed by atoms with E-state index in [0.717, 1.165) is 21.6 Å². The lowest BCUT2D eigenvalue weighted by molar-refractivity contribution is 0.0958. The van der Waals surface area contributed by atoms with Gasteiger partial charge in [-0.2, -0.15) is 0 Å². The molecule has 3 nitrogen and oxygen atoms in total. The number of carbonyl (C=O) groups excluding carboxylic acids is 1. The van der Waals surface area contributed by atoms with Gasteiger partial charge in [-0.05, 0) is 39.5 Å². The standard InChI is InChI=1S/C14H15BrN2OS/c1-17(11-5-3-2-4-6-11)9-8-16-14(18)13-12(15)7-10-19-13/h2-7,10H,8-9H2,1H3,(H,16,18). The van der Waals surface area contributed by atoms with Crippen molar-refractivity contribution in [2.24, 2.45) is 0 Å². The van der Waals surface area contributed by atoms with E-state index in [1.807, 2.05) is 36.7 Å². The van der Waals surface area contributed by atoms with Gasteiger partial charge in [0, 0.05) is 30.3 Å². The number of rotatable bonds is 5. The molecule has 1 heterocycles. The number of para-hydroxylation sites is 1. The predicted molar refractivity (Wildman–Crippen MR) is 84.1 cm³/mol. The van der Waals surface area contributed by atoms with Gasteiger partial charge >= 0.3 is 0 Å². The third-order valence-corrected chi connectivity index (χ3v) is 4.59. The Morgan fingerprint density at radius 2 is 2.05 bits per heavy atom. The molecule has 1 aromatic carbocycles. The van der Waals surface area contributed by atoms with Crippen molar-refractivity contribution in [2.75, 3.05) is 25.0 Å². The van der Waals surface area contributed by atoms with Crippen molar-refractivity contribution in [3.05, 3.63) is 51.1 Å². The lowest BCUT2D eigenvalue weighted by atomic mass is 10.3. The predicted octanol–water partition coefficient (Wildman–Crippen LogP) is 3.38. The third kappa shape index (κ3) is 3.81. The molecule has 2 rings (SSSR count). The summed E-state index contributed by atoms with van der Waals surface area (Å²) in [7, 11) is 2.02. The Hall–Kier alpha value is -1.33. The molecule has 0 saturated heterocycles. The fourth-order valence-corrected chi connectivity index (χ4v) is 3.15. The molecule has 2 aromatic rings. The first-order valence-corrected chi connectivity index (χ1v) is 7.63. The van der Waals surface area contributed by atoms with Crippen molar-refractivity contribution in [2.45, 2.75) is 0 Å². The number of benzene rings is 1. The van der Waals surface area contributed by atoms with Crippen LogP contribution >= 0.6 is 27.3 Å². The van der Waals surface area contributed by atoms with Gasteiger partial charge in [0.1, 0.15) is 4.88 Å². The number of nitrogens with one attached hydrogen (secondary N) is 1. The van der Waals surface area contributed by atoms with E-state index >= 15 is 0 Å². The van der Waals surface area contributed by atoms with Gasteiger partial charge in [0.15, 0.2) is 0 Å². The van der Waals surface area contributed by atoms with Gasteiger partial charge in [-0.1, -0.05) is 18.2 Å². The summed E-state index contributed by atoms with van der Waals surface area (Å²) in [5.74, 6) is -0.0247. The van der Waals surface area contributed by atoms with Crippen molar-refractivity contribution in [1.29, 1.82) is 0 Å². The molecule has 0 unspecified atom stereocenters. The minimum Gasteiger partial charge on any atom is -0.373 e. The topological polar surface area (TPSA) is 32.3 Å². The number of likely N-dealkylation sites (N-methyl/N-ethyl adjacent to an activating group) is 1. The maximum atomic E-state index is 11.9. The number of hydrogen-bond acceptors (Lipinski definition) is 3. The molecule has 0 atom stereocenters. The molecule has 19 heavy (non-hydrogen) atoms. The second kappa shape index (κ2) is 6.73. The number of anilines is 1. The fourth-order valence-electron chi connectivity index (χ4n) is 1.68. The van der Waals surface area contributed by atoms with Crippen LogP contribution in [0.1, 0.15) is 9.67 Å². The Balaban J connectivity index is 1.81. The fraction of sp³-hybridized carbons (Fsp3) is 0.214. The van der Waals surface area contributed by atoms with E-state index in [4.69, 9.17) is 0 Å². The highest BCUT2D eigenvalue weighted by Crippen LogP contribution is 2.22. The summed E-state index contributed by atoms with van der Waals surface area (Å²) >= 11 is 4.80.